The van der Waals surface area contributed by atoms with Gasteiger partial charge in [-0.2, -0.15) is 0 Å². The minimum absolute atomic E-state index is 0.254. The summed E-state index contributed by atoms with van der Waals surface area (Å²) in [5.74, 6) is 0.967. The molecule has 0 bridgehead atoms. The van der Waals surface area contributed by atoms with Crippen LogP contribution in [0.3, 0.4) is 0 Å². The Morgan fingerprint density at radius 1 is 0.792 bits per heavy atom. The van der Waals surface area contributed by atoms with Crippen molar-refractivity contribution in [1.82, 2.24) is 9.55 Å². The first kappa shape index (κ1) is 15.0. The molecular weight excluding hydrogens is 312 g/mol. The second-order valence-electron chi connectivity index (χ2n) is 5.69. The first-order valence-electron chi connectivity index (χ1n) is 8.06. The maximum Gasteiger partial charge on any atom is 0.0964 e. The zero-order valence-electron chi connectivity index (χ0n) is 13.2. The molecule has 0 aliphatic rings. The fourth-order valence-corrected chi connectivity index (χ4v) is 3.98. The van der Waals surface area contributed by atoms with E-state index in [1.165, 1.54) is 16.0 Å². The first-order valence-corrected chi connectivity index (χ1v) is 9.05. The van der Waals surface area contributed by atoms with E-state index in [1.807, 2.05) is 24.2 Å². The van der Waals surface area contributed by atoms with E-state index in [2.05, 4.69) is 88.4 Å². The van der Waals surface area contributed by atoms with Gasteiger partial charge in [-0.3, -0.25) is 0 Å². The first-order chi connectivity index (χ1) is 11.9. The summed E-state index contributed by atoms with van der Waals surface area (Å²) in [6.07, 6.45) is 1.97. The van der Waals surface area contributed by atoms with Crippen LogP contribution in [-0.2, 0) is 0 Å². The zero-order chi connectivity index (χ0) is 16.2. The Labute approximate surface area is 146 Å². The summed E-state index contributed by atoms with van der Waals surface area (Å²) >= 11 is 1.88. The van der Waals surface area contributed by atoms with Crippen molar-refractivity contribution in [1.29, 1.82) is 0 Å². The predicted octanol–water partition coefficient (Wildman–Crippen LogP) is 5.42. The van der Waals surface area contributed by atoms with Gasteiger partial charge in [0.15, 0.2) is 0 Å². The van der Waals surface area contributed by atoms with Crippen LogP contribution in [0.5, 0.6) is 0 Å². The SMILES string of the molecule is c1ccc(SCC(c2ccccc2)n2cnc3ccccc32)cc1. The Hall–Kier alpha value is -2.52. The van der Waals surface area contributed by atoms with Crippen LogP contribution < -0.4 is 0 Å². The molecule has 1 unspecified atom stereocenters. The maximum atomic E-state index is 4.57. The average molecular weight is 330 g/mol. The number of para-hydroxylation sites is 2. The molecule has 0 saturated heterocycles. The summed E-state index contributed by atoms with van der Waals surface area (Å²) in [7, 11) is 0. The van der Waals surface area contributed by atoms with Crippen LogP contribution in [0, 0.1) is 0 Å². The Balaban J connectivity index is 1.71. The Morgan fingerprint density at radius 3 is 2.25 bits per heavy atom. The van der Waals surface area contributed by atoms with Crippen molar-refractivity contribution in [3.63, 3.8) is 0 Å². The summed E-state index contributed by atoms with van der Waals surface area (Å²) in [6, 6.07) is 29.8. The largest absolute Gasteiger partial charge is 0.322 e. The van der Waals surface area contributed by atoms with Gasteiger partial charge in [0.1, 0.15) is 0 Å². The molecule has 0 N–H and O–H groups in total. The van der Waals surface area contributed by atoms with Gasteiger partial charge in [-0.15, -0.1) is 11.8 Å². The van der Waals surface area contributed by atoms with Gasteiger partial charge in [0, 0.05) is 10.6 Å². The quantitative estimate of drug-likeness (QED) is 0.455. The van der Waals surface area contributed by atoms with Gasteiger partial charge in [-0.05, 0) is 29.8 Å². The fourth-order valence-electron chi connectivity index (χ4n) is 2.93. The molecular formula is C21H18N2S. The van der Waals surface area contributed by atoms with Crippen molar-refractivity contribution in [3.8, 4) is 0 Å². The lowest BCUT2D eigenvalue weighted by Crippen LogP contribution is -2.12. The topological polar surface area (TPSA) is 17.8 Å². The number of hydrogen-bond acceptors (Lipinski definition) is 2. The maximum absolute atomic E-state index is 4.57. The average Bonchev–Trinajstić information content (AvgIpc) is 3.08. The third-order valence-electron chi connectivity index (χ3n) is 4.15. The van der Waals surface area contributed by atoms with Gasteiger partial charge >= 0.3 is 0 Å². The van der Waals surface area contributed by atoms with E-state index in [1.54, 1.807) is 0 Å². The second-order valence-corrected chi connectivity index (χ2v) is 6.78. The third kappa shape index (κ3) is 3.08. The molecule has 3 aromatic carbocycles. The van der Waals surface area contributed by atoms with E-state index in [9.17, 15) is 0 Å². The second kappa shape index (κ2) is 6.93. The monoisotopic (exact) mass is 330 g/mol. The number of thioether (sulfide) groups is 1. The van der Waals surface area contributed by atoms with Gasteiger partial charge in [-0.25, -0.2) is 4.98 Å². The molecule has 1 aromatic heterocycles. The van der Waals surface area contributed by atoms with Crippen molar-refractivity contribution in [2.75, 3.05) is 5.75 Å². The van der Waals surface area contributed by atoms with Gasteiger partial charge in [0.25, 0.3) is 0 Å². The van der Waals surface area contributed by atoms with Crippen molar-refractivity contribution >= 4 is 22.8 Å². The Kier molecular flexibility index (Phi) is 4.34. The van der Waals surface area contributed by atoms with Crippen LogP contribution in [0.25, 0.3) is 11.0 Å². The van der Waals surface area contributed by atoms with Crippen molar-refractivity contribution < 1.29 is 0 Å². The highest BCUT2D eigenvalue weighted by Crippen LogP contribution is 2.30. The molecule has 3 heteroatoms. The molecule has 2 nitrogen and oxygen atoms in total. The Bertz CT molecular complexity index is 916. The van der Waals surface area contributed by atoms with Crippen LogP contribution in [0.2, 0.25) is 0 Å². The molecule has 4 rings (SSSR count). The molecule has 0 radical (unpaired) electrons. The highest BCUT2D eigenvalue weighted by Gasteiger charge is 2.16. The van der Waals surface area contributed by atoms with E-state index in [-0.39, 0.29) is 6.04 Å². The zero-order valence-corrected chi connectivity index (χ0v) is 14.1. The molecule has 24 heavy (non-hydrogen) atoms. The molecule has 1 heterocycles. The normalized spacial score (nSPS) is 12.3. The lowest BCUT2D eigenvalue weighted by atomic mass is 10.1. The van der Waals surface area contributed by atoms with Crippen molar-refractivity contribution in [2.45, 2.75) is 10.9 Å². The summed E-state index contributed by atoms with van der Waals surface area (Å²) in [5, 5.41) is 0. The number of benzene rings is 3. The molecule has 0 spiro atoms. The fraction of sp³-hybridized carbons (Fsp3) is 0.0952. The smallest absolute Gasteiger partial charge is 0.0964 e. The number of imidazole rings is 1. The summed E-state index contributed by atoms with van der Waals surface area (Å²) in [5.41, 5.74) is 3.53. The van der Waals surface area contributed by atoms with Crippen LogP contribution in [-0.4, -0.2) is 15.3 Å². The van der Waals surface area contributed by atoms with Gasteiger partial charge in [0.2, 0.25) is 0 Å². The van der Waals surface area contributed by atoms with Crippen molar-refractivity contribution in [2.24, 2.45) is 0 Å². The number of fused-ring (bicyclic) bond motifs is 1. The number of nitrogens with zero attached hydrogens (tertiary/aromatic N) is 2. The molecule has 0 fully saturated rings. The summed E-state index contributed by atoms with van der Waals surface area (Å²) in [4.78, 5) is 5.87. The van der Waals surface area contributed by atoms with Crippen molar-refractivity contribution in [3.05, 3.63) is 96.8 Å². The van der Waals surface area contributed by atoms with E-state index >= 15 is 0 Å². The summed E-state index contributed by atoms with van der Waals surface area (Å²) < 4.78 is 2.29. The van der Waals surface area contributed by atoms with E-state index in [0.29, 0.717) is 0 Å². The molecule has 0 aliphatic heterocycles. The highest BCUT2D eigenvalue weighted by molar-refractivity contribution is 7.99. The van der Waals surface area contributed by atoms with E-state index in [0.717, 1.165) is 11.3 Å². The molecule has 4 aromatic rings. The highest BCUT2D eigenvalue weighted by atomic mass is 32.2. The van der Waals surface area contributed by atoms with Crippen LogP contribution in [0.15, 0.2) is 96.2 Å². The lowest BCUT2D eigenvalue weighted by Gasteiger charge is -2.20. The van der Waals surface area contributed by atoms with Gasteiger partial charge in [0.05, 0.1) is 23.4 Å². The number of rotatable bonds is 5. The number of hydrogen-bond donors (Lipinski definition) is 0. The predicted molar refractivity (Wildman–Crippen MR) is 101 cm³/mol. The van der Waals surface area contributed by atoms with Gasteiger partial charge < -0.3 is 4.57 Å². The Morgan fingerprint density at radius 2 is 1.46 bits per heavy atom. The molecule has 1 atom stereocenters. The molecule has 0 aliphatic carbocycles. The van der Waals surface area contributed by atoms with E-state index in [4.69, 9.17) is 0 Å². The molecule has 118 valence electrons. The third-order valence-corrected chi connectivity index (χ3v) is 5.24. The molecule has 0 amide bonds. The van der Waals surface area contributed by atoms with E-state index < -0.39 is 0 Å². The summed E-state index contributed by atoms with van der Waals surface area (Å²) in [6.45, 7) is 0. The molecule has 0 saturated carbocycles. The lowest BCUT2D eigenvalue weighted by molar-refractivity contribution is 0.667. The van der Waals surface area contributed by atoms with Crippen LogP contribution >= 0.6 is 11.8 Å². The standard InChI is InChI=1S/C21H18N2S/c1-3-9-17(10-4-1)21(15-24-18-11-5-2-6-12-18)23-16-22-19-13-7-8-14-20(19)23/h1-14,16,21H,15H2. The van der Waals surface area contributed by atoms with Crippen LogP contribution in [0.1, 0.15) is 11.6 Å². The van der Waals surface area contributed by atoms with Gasteiger partial charge in [-0.1, -0.05) is 60.7 Å². The minimum atomic E-state index is 0.254. The number of aromatic nitrogens is 2. The van der Waals surface area contributed by atoms with Crippen LogP contribution in [0.4, 0.5) is 0 Å². The minimum Gasteiger partial charge on any atom is -0.322 e.